The molecule has 0 spiro atoms. The van der Waals surface area contributed by atoms with E-state index in [0.717, 1.165) is 25.2 Å². The number of hydrogen-bond acceptors (Lipinski definition) is 2. The van der Waals surface area contributed by atoms with E-state index in [2.05, 4.69) is 48.3 Å². The van der Waals surface area contributed by atoms with Crippen molar-refractivity contribution in [1.29, 1.82) is 0 Å². The zero-order chi connectivity index (χ0) is 12.3. The lowest BCUT2D eigenvalue weighted by Gasteiger charge is -2.04. The van der Waals surface area contributed by atoms with Crippen LogP contribution in [0.3, 0.4) is 0 Å². The fourth-order valence-electron chi connectivity index (χ4n) is 1.99. The van der Waals surface area contributed by atoms with E-state index in [4.69, 9.17) is 12.2 Å². The highest BCUT2D eigenvalue weighted by atomic mass is 32.1. The Labute approximate surface area is 106 Å². The van der Waals surface area contributed by atoms with Crippen molar-refractivity contribution in [2.45, 2.75) is 33.2 Å². The molecule has 90 valence electrons. The Morgan fingerprint density at radius 1 is 1.35 bits per heavy atom. The first-order valence-corrected chi connectivity index (χ1v) is 6.31. The molecule has 1 aromatic heterocycles. The van der Waals surface area contributed by atoms with Crippen molar-refractivity contribution < 1.29 is 0 Å². The average Bonchev–Trinajstić information content (AvgIpc) is 2.67. The lowest BCUT2D eigenvalue weighted by molar-refractivity contribution is 0.682. The van der Waals surface area contributed by atoms with Gasteiger partial charge in [-0.25, -0.2) is 0 Å². The van der Waals surface area contributed by atoms with Gasteiger partial charge in [0.05, 0.1) is 0 Å². The van der Waals surface area contributed by atoms with Gasteiger partial charge in [0.15, 0.2) is 4.77 Å². The molecule has 0 amide bonds. The monoisotopic (exact) mass is 247 g/mol. The Morgan fingerprint density at radius 3 is 2.88 bits per heavy atom. The second kappa shape index (κ2) is 5.27. The molecule has 2 rings (SSSR count). The highest BCUT2D eigenvalue weighted by Gasteiger charge is 2.04. The summed E-state index contributed by atoms with van der Waals surface area (Å²) in [5.41, 5.74) is 2.65. The molecule has 0 aliphatic rings. The maximum Gasteiger partial charge on any atom is 0.195 e. The second-order valence-electron chi connectivity index (χ2n) is 4.18. The predicted molar refractivity (Wildman–Crippen MR) is 71.7 cm³/mol. The first-order chi connectivity index (χ1) is 8.20. The third-order valence-electron chi connectivity index (χ3n) is 2.87. The Hall–Kier alpha value is -1.42. The molecule has 1 N–H and O–H groups in total. The summed E-state index contributed by atoms with van der Waals surface area (Å²) in [4.78, 5) is 0. The summed E-state index contributed by atoms with van der Waals surface area (Å²) in [6.07, 6.45) is 1.92. The third-order valence-corrected chi connectivity index (χ3v) is 3.18. The summed E-state index contributed by atoms with van der Waals surface area (Å²) in [5, 5.41) is 7.12. The van der Waals surface area contributed by atoms with E-state index < -0.39 is 0 Å². The van der Waals surface area contributed by atoms with Crippen LogP contribution in [-0.2, 0) is 19.4 Å². The van der Waals surface area contributed by atoms with Gasteiger partial charge in [-0.3, -0.25) is 5.10 Å². The molecule has 3 nitrogen and oxygen atoms in total. The molecule has 0 saturated carbocycles. The predicted octanol–water partition coefficient (Wildman–Crippen LogP) is 3.05. The van der Waals surface area contributed by atoms with E-state index in [1.165, 1.54) is 11.1 Å². The van der Waals surface area contributed by atoms with E-state index in [-0.39, 0.29) is 0 Å². The molecule has 1 heterocycles. The number of H-pyrrole nitrogens is 1. The van der Waals surface area contributed by atoms with Crippen molar-refractivity contribution in [2.24, 2.45) is 0 Å². The number of aryl methyl sites for hydroxylation is 3. The molecule has 0 atom stereocenters. The Kier molecular flexibility index (Phi) is 3.74. The summed E-state index contributed by atoms with van der Waals surface area (Å²) >= 11 is 5.17. The number of nitrogens with one attached hydrogen (secondary N) is 1. The van der Waals surface area contributed by atoms with Crippen LogP contribution in [0.1, 0.15) is 23.9 Å². The summed E-state index contributed by atoms with van der Waals surface area (Å²) < 4.78 is 2.76. The number of aromatic nitrogens is 3. The van der Waals surface area contributed by atoms with Gasteiger partial charge >= 0.3 is 0 Å². The summed E-state index contributed by atoms with van der Waals surface area (Å²) in [6.45, 7) is 5.07. The van der Waals surface area contributed by atoms with E-state index in [9.17, 15) is 0 Å². The SMILES string of the molecule is CCn1c(CCc2cccc(C)c2)n[nH]c1=S. The van der Waals surface area contributed by atoms with Crippen LogP contribution in [0.25, 0.3) is 0 Å². The second-order valence-corrected chi connectivity index (χ2v) is 4.56. The molecule has 0 radical (unpaired) electrons. The van der Waals surface area contributed by atoms with E-state index in [1.807, 2.05) is 4.57 Å². The van der Waals surface area contributed by atoms with Crippen molar-refractivity contribution in [1.82, 2.24) is 14.8 Å². The molecular weight excluding hydrogens is 230 g/mol. The molecule has 4 heteroatoms. The summed E-state index contributed by atoms with van der Waals surface area (Å²) in [6, 6.07) is 8.59. The topological polar surface area (TPSA) is 33.6 Å². The molecule has 0 bridgehead atoms. The first kappa shape index (κ1) is 12.0. The Morgan fingerprint density at radius 2 is 2.18 bits per heavy atom. The van der Waals surface area contributed by atoms with E-state index >= 15 is 0 Å². The van der Waals surface area contributed by atoms with Crippen molar-refractivity contribution >= 4 is 12.2 Å². The van der Waals surface area contributed by atoms with Gasteiger partial charge < -0.3 is 4.57 Å². The minimum absolute atomic E-state index is 0.715. The summed E-state index contributed by atoms with van der Waals surface area (Å²) in [5.74, 6) is 1.04. The van der Waals surface area contributed by atoms with Crippen LogP contribution in [0.5, 0.6) is 0 Å². The molecule has 0 aliphatic carbocycles. The van der Waals surface area contributed by atoms with Gasteiger partial charge in [0, 0.05) is 13.0 Å². The standard InChI is InChI=1S/C13H17N3S/c1-3-16-12(14-15-13(16)17)8-7-11-6-4-5-10(2)9-11/h4-6,9H,3,7-8H2,1-2H3,(H,15,17). The molecule has 2 aromatic rings. The van der Waals surface area contributed by atoms with Crippen LogP contribution in [0.4, 0.5) is 0 Å². The van der Waals surface area contributed by atoms with Crippen molar-refractivity contribution in [2.75, 3.05) is 0 Å². The average molecular weight is 247 g/mol. The zero-order valence-corrected chi connectivity index (χ0v) is 11.0. The fraction of sp³-hybridized carbons (Fsp3) is 0.385. The smallest absolute Gasteiger partial charge is 0.195 e. The Bertz CT molecular complexity index is 554. The van der Waals surface area contributed by atoms with Crippen molar-refractivity contribution in [3.8, 4) is 0 Å². The molecular formula is C13H17N3S. The van der Waals surface area contributed by atoms with Crippen molar-refractivity contribution in [3.63, 3.8) is 0 Å². The maximum absolute atomic E-state index is 5.17. The number of hydrogen-bond donors (Lipinski definition) is 1. The van der Waals surface area contributed by atoms with E-state index in [0.29, 0.717) is 4.77 Å². The molecule has 0 fully saturated rings. The van der Waals surface area contributed by atoms with Crippen LogP contribution in [0.2, 0.25) is 0 Å². The first-order valence-electron chi connectivity index (χ1n) is 5.90. The molecule has 1 aromatic carbocycles. The Balaban J connectivity index is 2.10. The third kappa shape index (κ3) is 2.82. The highest BCUT2D eigenvalue weighted by Crippen LogP contribution is 2.08. The molecule has 0 saturated heterocycles. The largest absolute Gasteiger partial charge is 0.304 e. The number of nitrogens with zero attached hydrogens (tertiary/aromatic N) is 2. The molecule has 17 heavy (non-hydrogen) atoms. The van der Waals surface area contributed by atoms with Gasteiger partial charge in [-0.15, -0.1) is 0 Å². The lowest BCUT2D eigenvalue weighted by atomic mass is 10.1. The fourth-order valence-corrected chi connectivity index (χ4v) is 2.27. The van der Waals surface area contributed by atoms with Gasteiger partial charge in [0.2, 0.25) is 0 Å². The van der Waals surface area contributed by atoms with Crippen LogP contribution in [0, 0.1) is 11.7 Å². The molecule has 0 unspecified atom stereocenters. The van der Waals surface area contributed by atoms with Gasteiger partial charge in [0.25, 0.3) is 0 Å². The quantitative estimate of drug-likeness (QED) is 0.842. The van der Waals surface area contributed by atoms with Crippen LogP contribution >= 0.6 is 12.2 Å². The van der Waals surface area contributed by atoms with Gasteiger partial charge in [-0.2, -0.15) is 5.10 Å². The zero-order valence-electron chi connectivity index (χ0n) is 10.2. The minimum atomic E-state index is 0.715. The van der Waals surface area contributed by atoms with Gasteiger partial charge in [0.1, 0.15) is 5.82 Å². The number of benzene rings is 1. The van der Waals surface area contributed by atoms with Crippen LogP contribution < -0.4 is 0 Å². The van der Waals surface area contributed by atoms with Gasteiger partial charge in [-0.05, 0) is 38.0 Å². The van der Waals surface area contributed by atoms with Gasteiger partial charge in [-0.1, -0.05) is 29.8 Å². The molecule has 0 aliphatic heterocycles. The minimum Gasteiger partial charge on any atom is -0.304 e. The van der Waals surface area contributed by atoms with Crippen LogP contribution in [0.15, 0.2) is 24.3 Å². The van der Waals surface area contributed by atoms with Crippen molar-refractivity contribution in [3.05, 3.63) is 46.0 Å². The normalized spacial score (nSPS) is 10.7. The highest BCUT2D eigenvalue weighted by molar-refractivity contribution is 7.71. The van der Waals surface area contributed by atoms with Crippen LogP contribution in [-0.4, -0.2) is 14.8 Å². The maximum atomic E-state index is 5.17. The van der Waals surface area contributed by atoms with E-state index in [1.54, 1.807) is 0 Å². The number of aromatic amines is 1. The number of rotatable bonds is 4. The lowest BCUT2D eigenvalue weighted by Crippen LogP contribution is -2.03. The summed E-state index contributed by atoms with van der Waals surface area (Å²) in [7, 11) is 0.